The van der Waals surface area contributed by atoms with Gasteiger partial charge in [0, 0.05) is 17.6 Å². The molecule has 0 aliphatic rings. The van der Waals surface area contributed by atoms with Crippen LogP contribution in [0.4, 0.5) is 0 Å². The van der Waals surface area contributed by atoms with Crippen LogP contribution in [-0.4, -0.2) is 19.1 Å². The van der Waals surface area contributed by atoms with Crippen molar-refractivity contribution in [1.82, 2.24) is 5.32 Å². The van der Waals surface area contributed by atoms with E-state index < -0.39 is 0 Å². The lowest BCUT2D eigenvalue weighted by Gasteiger charge is -2.10. The summed E-state index contributed by atoms with van der Waals surface area (Å²) in [5, 5.41) is 4.13. The molecule has 1 aromatic carbocycles. The molecule has 0 aliphatic heterocycles. The van der Waals surface area contributed by atoms with E-state index >= 15 is 0 Å². The van der Waals surface area contributed by atoms with Gasteiger partial charge in [-0.05, 0) is 37.6 Å². The molecule has 0 saturated carbocycles. The van der Waals surface area contributed by atoms with Crippen molar-refractivity contribution in [3.8, 4) is 0 Å². The van der Waals surface area contributed by atoms with E-state index in [1.165, 1.54) is 5.56 Å². The summed E-state index contributed by atoms with van der Waals surface area (Å²) in [6.45, 7) is 3.70. The van der Waals surface area contributed by atoms with Crippen LogP contribution >= 0.6 is 11.6 Å². The molecule has 1 rings (SSSR count). The van der Waals surface area contributed by atoms with Crippen molar-refractivity contribution in [1.29, 1.82) is 0 Å². The predicted molar refractivity (Wildman–Crippen MR) is 61.7 cm³/mol. The van der Waals surface area contributed by atoms with E-state index in [2.05, 4.69) is 18.3 Å². The Kier molecular flexibility index (Phi) is 4.94. The molecule has 0 fully saturated rings. The molecule has 0 unspecified atom stereocenters. The quantitative estimate of drug-likeness (QED) is 0.782. The Morgan fingerprint density at radius 3 is 2.93 bits per heavy atom. The Balaban J connectivity index is 2.31. The summed E-state index contributed by atoms with van der Waals surface area (Å²) in [6, 6.07) is 8.33. The molecule has 78 valence electrons. The van der Waals surface area contributed by atoms with Gasteiger partial charge in [0.1, 0.15) is 0 Å². The molecular weight excluding hydrogens is 196 g/mol. The zero-order chi connectivity index (χ0) is 10.4. The summed E-state index contributed by atoms with van der Waals surface area (Å²) in [5.41, 5.74) is 6.75. The van der Waals surface area contributed by atoms with E-state index in [0.29, 0.717) is 12.6 Å². The maximum absolute atomic E-state index is 5.87. The molecule has 0 radical (unpaired) electrons. The normalized spacial score (nSPS) is 12.8. The monoisotopic (exact) mass is 212 g/mol. The fourth-order valence-electron chi connectivity index (χ4n) is 1.24. The molecular formula is C11H17ClN2. The average molecular weight is 213 g/mol. The van der Waals surface area contributed by atoms with Crippen LogP contribution in [0, 0.1) is 0 Å². The second-order valence-corrected chi connectivity index (χ2v) is 3.91. The van der Waals surface area contributed by atoms with Gasteiger partial charge in [0.25, 0.3) is 0 Å². The number of benzene rings is 1. The van der Waals surface area contributed by atoms with Crippen LogP contribution in [0.25, 0.3) is 0 Å². The van der Waals surface area contributed by atoms with E-state index in [0.717, 1.165) is 18.0 Å². The minimum absolute atomic E-state index is 0.384. The number of hydrogen-bond donors (Lipinski definition) is 2. The fourth-order valence-corrected chi connectivity index (χ4v) is 1.45. The SMILES string of the molecule is C[C@H](CN)NCCc1cccc(Cl)c1. The van der Waals surface area contributed by atoms with Crippen LogP contribution in [-0.2, 0) is 6.42 Å². The first-order valence-corrected chi connectivity index (χ1v) is 5.28. The fraction of sp³-hybridized carbons (Fsp3) is 0.455. The zero-order valence-electron chi connectivity index (χ0n) is 8.46. The lowest BCUT2D eigenvalue weighted by atomic mass is 10.1. The van der Waals surface area contributed by atoms with Crippen LogP contribution in [0.3, 0.4) is 0 Å². The van der Waals surface area contributed by atoms with Crippen molar-refractivity contribution in [2.45, 2.75) is 19.4 Å². The molecule has 0 aromatic heterocycles. The first kappa shape index (κ1) is 11.5. The summed E-state index contributed by atoms with van der Waals surface area (Å²) >= 11 is 5.87. The first-order chi connectivity index (χ1) is 6.72. The van der Waals surface area contributed by atoms with Gasteiger partial charge >= 0.3 is 0 Å². The van der Waals surface area contributed by atoms with Crippen molar-refractivity contribution in [3.05, 3.63) is 34.9 Å². The second kappa shape index (κ2) is 6.02. The van der Waals surface area contributed by atoms with Gasteiger partial charge in [0.05, 0.1) is 0 Å². The number of rotatable bonds is 5. The maximum atomic E-state index is 5.87. The molecule has 3 N–H and O–H groups in total. The van der Waals surface area contributed by atoms with Gasteiger partial charge < -0.3 is 11.1 Å². The maximum Gasteiger partial charge on any atom is 0.0408 e. The number of nitrogens with one attached hydrogen (secondary N) is 1. The molecule has 0 aliphatic carbocycles. The minimum Gasteiger partial charge on any atom is -0.329 e. The van der Waals surface area contributed by atoms with Gasteiger partial charge in [-0.15, -0.1) is 0 Å². The minimum atomic E-state index is 0.384. The van der Waals surface area contributed by atoms with E-state index in [9.17, 15) is 0 Å². The molecule has 0 saturated heterocycles. The van der Waals surface area contributed by atoms with Crippen molar-refractivity contribution in [2.24, 2.45) is 5.73 Å². The Morgan fingerprint density at radius 2 is 2.29 bits per heavy atom. The lowest BCUT2D eigenvalue weighted by Crippen LogP contribution is -2.34. The van der Waals surface area contributed by atoms with Gasteiger partial charge in [-0.2, -0.15) is 0 Å². The van der Waals surface area contributed by atoms with Crippen molar-refractivity contribution in [2.75, 3.05) is 13.1 Å². The molecule has 1 atom stereocenters. The van der Waals surface area contributed by atoms with Crippen molar-refractivity contribution < 1.29 is 0 Å². The van der Waals surface area contributed by atoms with Gasteiger partial charge in [-0.1, -0.05) is 23.7 Å². The van der Waals surface area contributed by atoms with Gasteiger partial charge in [-0.3, -0.25) is 0 Å². The van der Waals surface area contributed by atoms with Crippen LogP contribution in [0.15, 0.2) is 24.3 Å². The summed E-state index contributed by atoms with van der Waals surface area (Å²) < 4.78 is 0. The molecule has 1 aromatic rings. The molecule has 0 spiro atoms. The summed E-state index contributed by atoms with van der Waals surface area (Å²) in [6.07, 6.45) is 0.991. The number of hydrogen-bond acceptors (Lipinski definition) is 2. The Morgan fingerprint density at radius 1 is 1.50 bits per heavy atom. The summed E-state index contributed by atoms with van der Waals surface area (Å²) in [5.74, 6) is 0. The molecule has 0 heterocycles. The first-order valence-electron chi connectivity index (χ1n) is 4.90. The number of halogens is 1. The van der Waals surface area contributed by atoms with E-state index in [-0.39, 0.29) is 0 Å². The van der Waals surface area contributed by atoms with E-state index in [1.54, 1.807) is 0 Å². The Hall–Kier alpha value is -0.570. The van der Waals surface area contributed by atoms with Crippen LogP contribution in [0.1, 0.15) is 12.5 Å². The highest BCUT2D eigenvalue weighted by molar-refractivity contribution is 6.30. The number of nitrogens with two attached hydrogens (primary N) is 1. The topological polar surface area (TPSA) is 38.0 Å². The van der Waals surface area contributed by atoms with Gasteiger partial charge in [-0.25, -0.2) is 0 Å². The predicted octanol–water partition coefficient (Wildman–Crippen LogP) is 1.82. The Bertz CT molecular complexity index is 276. The van der Waals surface area contributed by atoms with Gasteiger partial charge in [0.15, 0.2) is 0 Å². The third-order valence-corrected chi connectivity index (χ3v) is 2.38. The highest BCUT2D eigenvalue weighted by atomic mass is 35.5. The van der Waals surface area contributed by atoms with Crippen LogP contribution < -0.4 is 11.1 Å². The summed E-state index contributed by atoms with van der Waals surface area (Å²) in [7, 11) is 0. The highest BCUT2D eigenvalue weighted by Crippen LogP contribution is 2.10. The van der Waals surface area contributed by atoms with Crippen molar-refractivity contribution >= 4 is 11.6 Å². The largest absolute Gasteiger partial charge is 0.329 e. The molecule has 2 nitrogen and oxygen atoms in total. The second-order valence-electron chi connectivity index (χ2n) is 3.47. The van der Waals surface area contributed by atoms with Crippen LogP contribution in [0.2, 0.25) is 5.02 Å². The molecule has 0 bridgehead atoms. The smallest absolute Gasteiger partial charge is 0.0408 e. The van der Waals surface area contributed by atoms with E-state index in [4.69, 9.17) is 17.3 Å². The third kappa shape index (κ3) is 4.09. The summed E-state index contributed by atoms with van der Waals surface area (Å²) in [4.78, 5) is 0. The zero-order valence-corrected chi connectivity index (χ0v) is 9.22. The molecule has 14 heavy (non-hydrogen) atoms. The van der Waals surface area contributed by atoms with Crippen LogP contribution in [0.5, 0.6) is 0 Å². The van der Waals surface area contributed by atoms with E-state index in [1.807, 2.05) is 18.2 Å². The molecule has 0 amide bonds. The van der Waals surface area contributed by atoms with Crippen molar-refractivity contribution in [3.63, 3.8) is 0 Å². The third-order valence-electron chi connectivity index (χ3n) is 2.15. The van der Waals surface area contributed by atoms with Gasteiger partial charge in [0.2, 0.25) is 0 Å². The molecule has 3 heteroatoms. The Labute approximate surface area is 90.4 Å². The standard InChI is InChI=1S/C11H17ClN2/c1-9(8-13)14-6-5-10-3-2-4-11(12)7-10/h2-4,7,9,14H,5-6,8,13H2,1H3/t9-/m1/s1. The average Bonchev–Trinajstić information content (AvgIpc) is 2.17. The highest BCUT2D eigenvalue weighted by Gasteiger charge is 1.98. The lowest BCUT2D eigenvalue weighted by molar-refractivity contribution is 0.559.